The summed E-state index contributed by atoms with van der Waals surface area (Å²) in [6, 6.07) is 95.3. The van der Waals surface area contributed by atoms with Gasteiger partial charge in [-0.05, 0) is 175 Å². The third-order valence-corrected chi connectivity index (χ3v) is 28.8. The summed E-state index contributed by atoms with van der Waals surface area (Å²) in [6.07, 6.45) is 5.85. The van der Waals surface area contributed by atoms with Crippen LogP contribution < -0.4 is 46.2 Å². The predicted octanol–water partition coefficient (Wildman–Crippen LogP) is 13.0. The minimum Gasteiger partial charge on any atom is -0.481 e. The van der Waals surface area contributed by atoms with E-state index in [1.807, 2.05) is 288 Å². The lowest BCUT2D eigenvalue weighted by Crippen LogP contribution is -2.49. The van der Waals surface area contributed by atoms with E-state index in [2.05, 4.69) is 41.5 Å². The van der Waals surface area contributed by atoms with Crippen LogP contribution in [0.4, 0.5) is 22.7 Å². The normalized spacial score (nSPS) is 20.3. The molecule has 0 saturated carbocycles. The number of aliphatic carboxylic acids is 2. The first kappa shape index (κ1) is 101. The summed E-state index contributed by atoms with van der Waals surface area (Å²) in [5.41, 5.74) is 8.05. The van der Waals surface area contributed by atoms with E-state index in [0.717, 1.165) is 115 Å². The number of carbonyl (C=O) groups excluding carboxylic acids is 13. The highest BCUT2D eigenvalue weighted by molar-refractivity contribution is 6.13. The molecule has 0 aliphatic carbocycles. The number of rotatable bonds is 21. The van der Waals surface area contributed by atoms with E-state index < -0.39 is 89.5 Å². The van der Waals surface area contributed by atoms with Gasteiger partial charge < -0.3 is 90.9 Å². The molecule has 150 heavy (non-hydrogen) atoms. The van der Waals surface area contributed by atoms with Gasteiger partial charge in [-0.1, -0.05) is 218 Å². The third kappa shape index (κ3) is 22.2. The first-order valence-electron chi connectivity index (χ1n) is 50.3. The second kappa shape index (κ2) is 45.2. The smallest absolute Gasteiger partial charge is 0.310 e. The number of carboxylic acid groups (broad SMARTS) is 2. The number of likely N-dealkylation sites (tertiary alicyclic amines) is 4. The Morgan fingerprint density at radius 3 is 0.800 bits per heavy atom. The Hall–Kier alpha value is -18.2. The van der Waals surface area contributed by atoms with Crippen molar-refractivity contribution < 1.29 is 82.1 Å². The van der Waals surface area contributed by atoms with Crippen molar-refractivity contribution >= 4 is 166 Å². The van der Waals surface area contributed by atoms with Gasteiger partial charge in [0, 0.05) is 145 Å². The van der Waals surface area contributed by atoms with E-state index in [4.69, 9.17) is 0 Å². The monoisotopic (exact) mass is 2010 g/mol. The molecule has 10 N–H and O–H groups in total. The van der Waals surface area contributed by atoms with Crippen molar-refractivity contribution in [2.24, 2.45) is 29.6 Å². The number of carboxylic acids is 2. The molecule has 8 aliphatic heterocycles. The average molecular weight is 2010 g/mol. The second-order valence-corrected chi connectivity index (χ2v) is 38.3. The number of aromatic amines is 3. The number of para-hydroxylation sites is 7. The fraction of sp³-hybridized carbons (Fsp3) is 0.239. The summed E-state index contributed by atoms with van der Waals surface area (Å²) in [6.45, 7) is 5.41. The number of anilines is 4. The van der Waals surface area contributed by atoms with Crippen LogP contribution in [-0.2, 0) is 54.5 Å². The fourth-order valence-corrected chi connectivity index (χ4v) is 20.8. The SMILES string of the molecule is O=C(N[C@@H]1C(=O)N(c2ccccc2)C[C@@H]1C(=O)N1CCCC1)c1ccc2ccccc2c1.O=C(N[C@@H]1C(=O)N(c2ccccc2)C[C@H]1C(=O)N1CCCC1)c1cc2ccccc2[nH]1.O=C(N[C@@H]1C(=O)N(c2ccccc2)C[C@H]1C(=O)N1CCCC1)c1ccc2ccccc2c1.O=C(N[C@@H]1C(=O)N(c2ccccc2)C[C@H]1C(=O)O)c1cc2ccccc2[nH]1.O=C(N[C@H]1C(=O)N(Cc2ccccc2)C[C@H]1C(=O)O)c1cc2ccccc2[nH]1. The van der Waals surface area contributed by atoms with Gasteiger partial charge in [0.25, 0.3) is 35.4 Å². The first-order chi connectivity index (χ1) is 72.9. The third-order valence-electron chi connectivity index (χ3n) is 28.8. The van der Waals surface area contributed by atoms with Crippen molar-refractivity contribution in [1.82, 2.24) is 61.1 Å². The van der Waals surface area contributed by atoms with Gasteiger partial charge in [-0.2, -0.15) is 0 Å². The number of fused-ring (bicyclic) bond motifs is 5. The van der Waals surface area contributed by atoms with E-state index in [9.17, 15) is 82.1 Å². The van der Waals surface area contributed by atoms with Gasteiger partial charge in [0.1, 0.15) is 59.1 Å². The largest absolute Gasteiger partial charge is 0.481 e. The molecule has 0 unspecified atom stereocenters. The molecule has 11 heterocycles. The summed E-state index contributed by atoms with van der Waals surface area (Å²) < 4.78 is 0. The molecule has 33 heteroatoms. The molecule has 8 fully saturated rings. The van der Waals surface area contributed by atoms with Crippen LogP contribution in [0.5, 0.6) is 0 Å². The Kier molecular flexibility index (Phi) is 30.3. The standard InChI is InChI=1S/2C26H25N3O3.C24H24N4O3.C21H19N3O4.C20H17N3O4/c2*30-24(20-13-12-18-8-4-5-9-19(18)16-20)27-23-22(25(31)28-14-6-7-15-28)17-29(26(23)32)21-10-2-1-3-11-21;29-22(20-14-16-8-4-5-11-19(16)25-20)26-21-18(23(30)27-12-6-7-13-27)15-28(24(21)31)17-9-2-1-3-10-17;25-19(17-10-14-8-4-5-9-16(14)22-17)23-18-15(21(27)28)12-24(20(18)26)11-13-6-2-1-3-7-13;24-18(16-10-12-6-4-5-9-15(12)21-16)22-17-14(20(26)27)11-23(19(17)25)13-7-2-1-3-8-13/h2*1-5,8-13,16,22-23H,6-7,14-15,17H2,(H,27,30);1-5,8-11,14,18,21,25H,6-7,12-13,15H2,(H,26,29);1-10,15,18,22H,11-12H2,(H,23,25)(H,27,28);1-10,14,17,21H,11H2,(H,22,24)(H,26,27)/t22-,23+;22-,23-;18-,21+;15-,18-;14-,17+/m10111/s1. The van der Waals surface area contributed by atoms with Crippen molar-refractivity contribution in [3.63, 3.8) is 0 Å². The summed E-state index contributed by atoms with van der Waals surface area (Å²) >= 11 is 0. The molecule has 3 aromatic heterocycles. The van der Waals surface area contributed by atoms with Gasteiger partial charge in [0.15, 0.2) is 0 Å². The van der Waals surface area contributed by atoms with Gasteiger partial charge in [-0.25, -0.2) is 0 Å². The van der Waals surface area contributed by atoms with Crippen LogP contribution >= 0.6 is 0 Å². The number of benzene rings is 12. The summed E-state index contributed by atoms with van der Waals surface area (Å²) in [5, 5.41) is 39.5. The van der Waals surface area contributed by atoms with E-state index >= 15 is 0 Å². The highest BCUT2D eigenvalue weighted by atomic mass is 16.4. The van der Waals surface area contributed by atoms with E-state index in [-0.39, 0.29) is 97.5 Å². The zero-order chi connectivity index (χ0) is 104. The Labute approximate surface area is 861 Å². The van der Waals surface area contributed by atoms with Crippen LogP contribution in [0, 0.1) is 29.6 Å². The summed E-state index contributed by atoms with van der Waals surface area (Å²) in [5.74, 6) is -9.90. The van der Waals surface area contributed by atoms with E-state index in [1.54, 1.807) is 69.3 Å². The van der Waals surface area contributed by atoms with Gasteiger partial charge in [0.05, 0.1) is 17.8 Å². The number of hydrogen-bond acceptors (Lipinski definition) is 15. The summed E-state index contributed by atoms with van der Waals surface area (Å²) in [7, 11) is 0. The predicted molar refractivity (Wildman–Crippen MR) is 566 cm³/mol. The Balaban J connectivity index is 0.000000118. The minimum atomic E-state index is -1.12. The topological polar surface area (TPSA) is 430 Å². The fourth-order valence-electron chi connectivity index (χ4n) is 20.8. The number of hydrogen-bond donors (Lipinski definition) is 10. The molecule has 13 amide bonds. The second-order valence-electron chi connectivity index (χ2n) is 38.3. The van der Waals surface area contributed by atoms with Crippen LogP contribution in [0.25, 0.3) is 54.3 Å². The number of nitrogens with zero attached hydrogens (tertiary/aromatic N) is 8. The molecule has 8 aliphatic rings. The van der Waals surface area contributed by atoms with Crippen LogP contribution in [0.3, 0.4) is 0 Å². The number of carbonyl (C=O) groups is 15. The number of aromatic nitrogens is 3. The maximum atomic E-state index is 13.4. The van der Waals surface area contributed by atoms with Gasteiger partial charge in [-0.3, -0.25) is 71.9 Å². The molecule has 12 aromatic carbocycles. The molecule has 8 saturated heterocycles. The number of H-pyrrole nitrogens is 3. The lowest BCUT2D eigenvalue weighted by molar-refractivity contribution is -0.143. The van der Waals surface area contributed by atoms with Gasteiger partial charge in [0.2, 0.25) is 41.4 Å². The highest BCUT2D eigenvalue weighted by Gasteiger charge is 2.53. The van der Waals surface area contributed by atoms with Crippen LogP contribution in [0.2, 0.25) is 0 Å². The molecule has 0 radical (unpaired) electrons. The van der Waals surface area contributed by atoms with E-state index in [1.165, 1.54) is 9.80 Å². The lowest BCUT2D eigenvalue weighted by atomic mass is 10.0. The Morgan fingerprint density at radius 2 is 0.500 bits per heavy atom. The summed E-state index contributed by atoms with van der Waals surface area (Å²) in [4.78, 5) is 215. The molecule has 10 atom stereocenters. The lowest BCUT2D eigenvalue weighted by Gasteiger charge is -2.23. The number of nitrogens with one attached hydrogen (secondary N) is 8. The molecule has 23 rings (SSSR count). The van der Waals surface area contributed by atoms with Crippen LogP contribution in [-0.4, -0.2) is 236 Å². The van der Waals surface area contributed by atoms with E-state index in [0.29, 0.717) is 74.0 Å². The quantitative estimate of drug-likeness (QED) is 0.0319. The molecule has 15 aromatic rings. The molecule has 33 nitrogen and oxygen atoms in total. The average Bonchev–Trinajstić information content (AvgIpc) is 1.65. The Bertz CT molecular complexity index is 7330. The van der Waals surface area contributed by atoms with Crippen LogP contribution in [0.1, 0.15) is 96.3 Å². The molecule has 760 valence electrons. The number of amides is 13. The molecular weight excluding hydrogens is 1900 g/mol. The van der Waals surface area contributed by atoms with Gasteiger partial charge in [-0.15, -0.1) is 0 Å². The van der Waals surface area contributed by atoms with Crippen molar-refractivity contribution in [3.8, 4) is 0 Å². The zero-order valence-electron chi connectivity index (χ0n) is 81.8. The maximum absolute atomic E-state index is 13.4. The van der Waals surface area contributed by atoms with Crippen molar-refractivity contribution in [2.45, 2.75) is 75.3 Å². The molecular formula is C117H110N16O17. The zero-order valence-corrected chi connectivity index (χ0v) is 81.8. The Morgan fingerprint density at radius 1 is 0.253 bits per heavy atom. The van der Waals surface area contributed by atoms with Crippen molar-refractivity contribution in [3.05, 3.63) is 361 Å². The van der Waals surface area contributed by atoms with Gasteiger partial charge >= 0.3 is 11.9 Å². The highest BCUT2D eigenvalue weighted by Crippen LogP contribution is 2.36. The van der Waals surface area contributed by atoms with Crippen molar-refractivity contribution in [2.75, 3.05) is 91.6 Å². The molecule has 0 bridgehead atoms. The minimum absolute atomic E-state index is 0.00975. The maximum Gasteiger partial charge on any atom is 0.310 e. The first-order valence-corrected chi connectivity index (χ1v) is 50.3. The molecule has 0 spiro atoms. The van der Waals surface area contributed by atoms with Crippen LogP contribution in [0.15, 0.2) is 328 Å². The van der Waals surface area contributed by atoms with Crippen molar-refractivity contribution in [1.29, 1.82) is 0 Å².